The Kier molecular flexibility index (Phi) is 29.0. The van der Waals surface area contributed by atoms with Crippen molar-refractivity contribution in [3.05, 3.63) is 50.6 Å². The molecule has 0 aromatic carbocycles. The molecular weight excluding hydrogens is 1020 g/mol. The van der Waals surface area contributed by atoms with Gasteiger partial charge in [-0.3, -0.25) is 14.4 Å². The van der Waals surface area contributed by atoms with E-state index in [9.17, 15) is 48.6 Å². The maximum Gasteiger partial charge on any atom is 0.408 e. The first-order chi connectivity index (χ1) is 35.2. The van der Waals surface area contributed by atoms with Gasteiger partial charge in [0.15, 0.2) is 0 Å². The monoisotopic (exact) mass is 1100 g/mol. The number of aliphatic hydroxyl groups excluding tert-OH is 2. The number of rotatable bonds is 26. The van der Waals surface area contributed by atoms with Crippen molar-refractivity contribution >= 4 is 60.2 Å². The maximum absolute atomic E-state index is 13.6. The van der Waals surface area contributed by atoms with E-state index in [0.717, 1.165) is 0 Å². The van der Waals surface area contributed by atoms with E-state index in [1.807, 2.05) is 0 Å². The summed E-state index contributed by atoms with van der Waals surface area (Å²) in [6.07, 6.45) is 6.23. The number of aliphatic carboxylic acids is 1. The third-order valence-corrected chi connectivity index (χ3v) is 11.9. The number of esters is 2. The highest BCUT2D eigenvalue weighted by Crippen LogP contribution is 2.46. The molecule has 2 heterocycles. The number of ether oxygens (including phenoxy) is 6. The minimum atomic E-state index is -1.23. The Balaban J connectivity index is 0.000000624. The molecule has 76 heavy (non-hydrogen) atoms. The van der Waals surface area contributed by atoms with E-state index in [2.05, 4.69) is 52.9 Å². The highest BCUT2D eigenvalue weighted by Gasteiger charge is 2.63. The second-order valence-corrected chi connectivity index (χ2v) is 20.4. The van der Waals surface area contributed by atoms with Crippen molar-refractivity contribution < 1.29 is 82.1 Å². The zero-order chi connectivity index (χ0) is 56.7. The molecule has 0 radical (unpaired) electrons. The molecule has 4 aliphatic rings. The number of carbonyl (C=O) groups is 8. The fraction of sp³-hybridized carbons (Fsp3) is 0.692. The number of nitrogens with zero attached hydrogens (tertiary/aromatic N) is 1. The molecule has 0 aromatic heterocycles. The predicted octanol–water partition coefficient (Wildman–Crippen LogP) is 3.15. The summed E-state index contributed by atoms with van der Waals surface area (Å²) in [5.41, 5.74) is -3.61. The Morgan fingerprint density at radius 3 is 1.53 bits per heavy atom. The quantitative estimate of drug-likeness (QED) is 0.0267. The van der Waals surface area contributed by atoms with Crippen LogP contribution in [-0.2, 0) is 57.2 Å². The van der Waals surface area contributed by atoms with Crippen LogP contribution in [-0.4, -0.2) is 179 Å². The molecule has 2 saturated heterocycles. The first-order valence-electron chi connectivity index (χ1n) is 25.4. The van der Waals surface area contributed by atoms with Gasteiger partial charge in [0, 0.05) is 44.6 Å². The maximum atomic E-state index is 13.6. The Morgan fingerprint density at radius 1 is 0.697 bits per heavy atom. The van der Waals surface area contributed by atoms with Gasteiger partial charge in [0.25, 0.3) is 0 Å². The summed E-state index contributed by atoms with van der Waals surface area (Å²) in [4.78, 5) is 99.7. The lowest BCUT2D eigenvalue weighted by molar-refractivity contribution is -0.150. The number of likely N-dealkylation sites (tertiary alicyclic amines) is 1. The number of β-amino-alcohol motifs (C(OH)–C–C–N with tert-alkyl or cyclic N) is 2. The predicted molar refractivity (Wildman–Crippen MR) is 282 cm³/mol. The van der Waals surface area contributed by atoms with Crippen molar-refractivity contribution in [2.45, 2.75) is 165 Å². The molecule has 2 aliphatic carbocycles. The third kappa shape index (κ3) is 22.6. The first-order valence-corrected chi connectivity index (χ1v) is 25.4. The summed E-state index contributed by atoms with van der Waals surface area (Å²) < 4.78 is 31.0. The van der Waals surface area contributed by atoms with Gasteiger partial charge in [0.05, 0.1) is 44.7 Å². The molecule has 2 aliphatic heterocycles. The van der Waals surface area contributed by atoms with Gasteiger partial charge >= 0.3 is 30.1 Å². The van der Waals surface area contributed by atoms with Crippen LogP contribution in [0.4, 0.5) is 9.59 Å². The average Bonchev–Trinajstić information content (AvgIpc) is 4.11. The fourth-order valence-corrected chi connectivity index (χ4v) is 8.08. The molecule has 0 spiro atoms. The highest BCUT2D eigenvalue weighted by molar-refractivity contribution is 5.97. The topological polar surface area (TPSA) is 316 Å². The van der Waals surface area contributed by atoms with Crippen LogP contribution in [0.5, 0.6) is 0 Å². The molecule has 5 amide bonds. The smallest absolute Gasteiger partial charge is 0.408 e. The molecule has 1 unspecified atom stereocenters. The Labute approximate surface area is 453 Å². The molecule has 8 N–H and O–H groups in total. The van der Waals surface area contributed by atoms with E-state index in [1.54, 1.807) is 79.7 Å². The van der Waals surface area contributed by atoms with Crippen LogP contribution in [0.25, 0.3) is 0 Å². The van der Waals surface area contributed by atoms with Crippen LogP contribution in [0.1, 0.15) is 107 Å². The van der Waals surface area contributed by atoms with Gasteiger partial charge in [-0.15, -0.1) is 38.7 Å². The summed E-state index contributed by atoms with van der Waals surface area (Å²) in [5.74, 6) is -3.81. The molecule has 4 fully saturated rings. The van der Waals surface area contributed by atoms with Crippen molar-refractivity contribution in [1.82, 2.24) is 31.5 Å². The number of carboxylic acids is 1. The van der Waals surface area contributed by atoms with Gasteiger partial charge in [-0.1, -0.05) is 24.3 Å². The molecule has 0 bridgehead atoms. The lowest BCUT2D eigenvalue weighted by Crippen LogP contribution is -2.56. The standard InChI is InChI=1S/C26H41N3O8.C13H20N2O4.C13H23NO5.ClH/c1-7-12-35-13-10-11-19(27-24(34)37-25(4,5)6)22(32)29-16-18(30)14-20(29)21(31)28-26(15-17(26)8-2)23(33)36-9-3;1-3-8-6-13(8,12(18)19-4-2)15-11(17)10-5-9(16)7-14-10;1-5-8-18-9-6-7-10(11(15)16)14-12(17)19-13(2,3)4;/h7-8,17-20,30H,1-2,9-16H2,3-6H3,(H,27,34)(H,28,31);3,8-10,14,16H,1,4-7H2,2H3,(H,15,17);5,10H,1,6-9H2,2-4H3,(H,14,17)(H,15,16);1H/t17-,18-,19+,20+,26-;8-,9-,10+,13-;;/m11../s1. The van der Waals surface area contributed by atoms with Gasteiger partial charge in [0.1, 0.15) is 40.4 Å². The van der Waals surface area contributed by atoms with Crippen molar-refractivity contribution in [3.8, 4) is 0 Å². The SMILES string of the molecule is C=CCOCCCC(NC(=O)OC(C)(C)C)C(=O)O.C=CCOCCC[C@H](NC(=O)OC(C)(C)C)C(=O)N1C[C@H](O)C[C@H]1C(=O)N[C@]1(C(=O)OCC)C[C@H]1C=C.C=C[C@@H]1C[C@]1(NC(=O)[C@@H]1C[C@@H](O)CN1)C(=O)OCC.Cl. The van der Waals surface area contributed by atoms with E-state index in [0.29, 0.717) is 65.1 Å². The zero-order valence-corrected chi connectivity index (χ0v) is 46.3. The summed E-state index contributed by atoms with van der Waals surface area (Å²) in [6, 6.07) is -3.46. The van der Waals surface area contributed by atoms with E-state index in [4.69, 9.17) is 33.5 Å². The number of amides is 5. The molecule has 23 nitrogen and oxygen atoms in total. The first kappa shape index (κ1) is 68.4. The number of alkyl carbamates (subject to hydrolysis) is 2. The van der Waals surface area contributed by atoms with E-state index < -0.39 is 101 Å². The number of carboxylic acid groups (broad SMARTS) is 1. The summed E-state index contributed by atoms with van der Waals surface area (Å²) in [7, 11) is 0. The van der Waals surface area contributed by atoms with Crippen molar-refractivity contribution in [2.24, 2.45) is 11.8 Å². The second kappa shape index (κ2) is 32.2. The number of hydrogen-bond donors (Lipinski definition) is 8. The zero-order valence-electron chi connectivity index (χ0n) is 45.5. The van der Waals surface area contributed by atoms with Crippen molar-refractivity contribution in [1.29, 1.82) is 0 Å². The van der Waals surface area contributed by atoms with Crippen LogP contribution < -0.4 is 26.6 Å². The fourth-order valence-electron chi connectivity index (χ4n) is 8.08. The van der Waals surface area contributed by atoms with Gasteiger partial charge in [-0.05, 0) is 100 Å². The Hall–Kier alpha value is -5.59. The highest BCUT2D eigenvalue weighted by atomic mass is 35.5. The van der Waals surface area contributed by atoms with Crippen LogP contribution in [0.2, 0.25) is 0 Å². The van der Waals surface area contributed by atoms with E-state index in [1.165, 1.54) is 4.90 Å². The van der Waals surface area contributed by atoms with Gasteiger partial charge in [-0.25, -0.2) is 24.0 Å². The number of nitrogens with one attached hydrogen (secondary N) is 5. The third-order valence-electron chi connectivity index (χ3n) is 11.9. The van der Waals surface area contributed by atoms with E-state index >= 15 is 0 Å². The molecule has 2 saturated carbocycles. The van der Waals surface area contributed by atoms with E-state index in [-0.39, 0.29) is 69.2 Å². The summed E-state index contributed by atoms with van der Waals surface area (Å²) in [5, 5.41) is 42.1. The number of halogens is 1. The van der Waals surface area contributed by atoms with Crippen LogP contribution in [0.3, 0.4) is 0 Å². The summed E-state index contributed by atoms with van der Waals surface area (Å²) >= 11 is 0. The number of hydrogen-bond acceptors (Lipinski definition) is 17. The van der Waals surface area contributed by atoms with Gasteiger partial charge in [0.2, 0.25) is 17.7 Å². The molecule has 432 valence electrons. The Bertz CT molecular complexity index is 2000. The lowest BCUT2D eigenvalue weighted by Gasteiger charge is -2.30. The minimum Gasteiger partial charge on any atom is -0.480 e. The Morgan fingerprint density at radius 2 is 1.14 bits per heavy atom. The molecule has 24 heteroatoms. The normalized spacial score (nSPS) is 24.7. The summed E-state index contributed by atoms with van der Waals surface area (Å²) in [6.45, 7) is 30.4. The molecule has 10 atom stereocenters. The van der Waals surface area contributed by atoms with Crippen molar-refractivity contribution in [3.63, 3.8) is 0 Å². The van der Waals surface area contributed by atoms with Crippen LogP contribution in [0.15, 0.2) is 50.6 Å². The minimum absolute atomic E-state index is 0. The van der Waals surface area contributed by atoms with Gasteiger partial charge < -0.3 is 75.2 Å². The molecule has 4 rings (SSSR count). The van der Waals surface area contributed by atoms with Crippen LogP contribution >= 0.6 is 12.4 Å². The average molecular weight is 1100 g/mol. The molecular formula is C52H85ClN6O17. The number of aliphatic hydroxyl groups is 2. The lowest BCUT2D eigenvalue weighted by atomic mass is 10.1. The largest absolute Gasteiger partial charge is 0.480 e. The molecule has 0 aromatic rings. The van der Waals surface area contributed by atoms with Crippen LogP contribution in [0, 0.1) is 11.8 Å². The van der Waals surface area contributed by atoms with Crippen molar-refractivity contribution in [2.75, 3.05) is 52.7 Å². The second-order valence-electron chi connectivity index (χ2n) is 20.4. The number of carbonyl (C=O) groups excluding carboxylic acids is 7. The van der Waals surface area contributed by atoms with Gasteiger partial charge in [-0.2, -0.15) is 0 Å².